The van der Waals surface area contributed by atoms with Crippen molar-refractivity contribution in [1.29, 1.82) is 0 Å². The Bertz CT molecular complexity index is 1170. The summed E-state index contributed by atoms with van der Waals surface area (Å²) in [4.78, 5) is 21.2. The van der Waals surface area contributed by atoms with Gasteiger partial charge in [0.15, 0.2) is 0 Å². The van der Waals surface area contributed by atoms with E-state index in [9.17, 15) is 22.4 Å². The Balaban J connectivity index is 1.71. The van der Waals surface area contributed by atoms with E-state index in [1.54, 1.807) is 19.2 Å². The Morgan fingerprint density at radius 3 is 2.60 bits per heavy atom. The summed E-state index contributed by atoms with van der Waals surface area (Å²) in [7, 11) is 0. The molecule has 5 nitrogen and oxygen atoms in total. The highest BCUT2D eigenvalue weighted by molar-refractivity contribution is 5.88. The van der Waals surface area contributed by atoms with Crippen molar-refractivity contribution in [2.45, 2.75) is 51.1 Å². The van der Waals surface area contributed by atoms with Gasteiger partial charge in [0.05, 0.1) is 22.0 Å². The van der Waals surface area contributed by atoms with Gasteiger partial charge in [-0.3, -0.25) is 4.79 Å². The summed E-state index contributed by atoms with van der Waals surface area (Å²) in [6, 6.07) is 6.36. The maximum absolute atomic E-state index is 14.2. The van der Waals surface area contributed by atoms with Crippen LogP contribution in [0.3, 0.4) is 0 Å². The maximum atomic E-state index is 14.2. The van der Waals surface area contributed by atoms with Crippen molar-refractivity contribution in [2.24, 2.45) is 0 Å². The molecule has 0 bridgehead atoms. The molecule has 2 aromatic heterocycles. The van der Waals surface area contributed by atoms with Crippen LogP contribution in [0.2, 0.25) is 0 Å². The number of benzene rings is 1. The smallest absolute Gasteiger partial charge is 0.365 e. The molecule has 0 aliphatic heterocycles. The first kappa shape index (κ1) is 20.3. The van der Waals surface area contributed by atoms with E-state index in [0.29, 0.717) is 41.0 Å². The molecule has 30 heavy (non-hydrogen) atoms. The predicted octanol–water partition coefficient (Wildman–Crippen LogP) is 4.58. The van der Waals surface area contributed by atoms with Crippen LogP contribution in [0, 0.1) is 6.92 Å². The number of rotatable bonds is 5. The van der Waals surface area contributed by atoms with Crippen molar-refractivity contribution in [2.75, 3.05) is 5.32 Å². The molecule has 2 heterocycles. The van der Waals surface area contributed by atoms with E-state index in [0.717, 1.165) is 12.1 Å². The Morgan fingerprint density at radius 2 is 1.97 bits per heavy atom. The summed E-state index contributed by atoms with van der Waals surface area (Å²) in [6.45, 7) is 3.19. The van der Waals surface area contributed by atoms with Crippen LogP contribution in [-0.2, 0) is 18.3 Å². The van der Waals surface area contributed by atoms with Gasteiger partial charge >= 0.3 is 6.18 Å². The highest BCUT2D eigenvalue weighted by Gasteiger charge is 2.50. The van der Waals surface area contributed by atoms with Gasteiger partial charge in [0.25, 0.3) is 5.56 Å². The number of aryl methyl sites for hydroxylation is 1. The highest BCUT2D eigenvalue weighted by Crippen LogP contribution is 2.47. The zero-order chi connectivity index (χ0) is 21.7. The lowest BCUT2D eigenvalue weighted by Gasteiger charge is -2.21. The van der Waals surface area contributed by atoms with Crippen LogP contribution >= 0.6 is 0 Å². The van der Waals surface area contributed by atoms with Crippen molar-refractivity contribution in [1.82, 2.24) is 14.5 Å². The molecular formula is C21H20F4N4O. The van der Waals surface area contributed by atoms with Gasteiger partial charge in [-0.2, -0.15) is 13.2 Å². The number of nitrogens with one attached hydrogen (secondary N) is 1. The number of anilines is 1. The van der Waals surface area contributed by atoms with E-state index in [-0.39, 0.29) is 12.1 Å². The van der Waals surface area contributed by atoms with Crippen LogP contribution in [0.5, 0.6) is 0 Å². The largest absolute Gasteiger partial charge is 0.416 e. The summed E-state index contributed by atoms with van der Waals surface area (Å²) in [5.41, 5.74) is -1.09. The van der Waals surface area contributed by atoms with E-state index in [1.807, 2.05) is 0 Å². The molecule has 0 radical (unpaired) electrons. The summed E-state index contributed by atoms with van der Waals surface area (Å²) < 4.78 is 54.4. The van der Waals surface area contributed by atoms with Gasteiger partial charge in [0, 0.05) is 18.8 Å². The fourth-order valence-corrected chi connectivity index (χ4v) is 3.70. The van der Waals surface area contributed by atoms with Crippen LogP contribution in [0.4, 0.5) is 23.4 Å². The molecule has 1 N–H and O–H groups in total. The molecule has 9 heteroatoms. The Hall–Kier alpha value is -2.97. The molecule has 3 aromatic rings. The van der Waals surface area contributed by atoms with Crippen LogP contribution in [0.25, 0.3) is 10.9 Å². The molecule has 1 aromatic carbocycles. The highest BCUT2D eigenvalue weighted by atomic mass is 19.4. The summed E-state index contributed by atoms with van der Waals surface area (Å²) in [6.07, 6.45) is -2.94. The first-order chi connectivity index (χ1) is 14.1. The molecule has 1 fully saturated rings. The number of aromatic nitrogens is 3. The van der Waals surface area contributed by atoms with Crippen molar-refractivity contribution in [3.05, 3.63) is 63.8 Å². The lowest BCUT2D eigenvalue weighted by molar-refractivity contribution is -0.137. The van der Waals surface area contributed by atoms with Gasteiger partial charge in [-0.15, -0.1) is 0 Å². The molecule has 0 amide bonds. The van der Waals surface area contributed by atoms with Crippen molar-refractivity contribution < 1.29 is 17.6 Å². The topological polar surface area (TPSA) is 59.8 Å². The number of nitrogens with zero attached hydrogens (tertiary/aromatic N) is 3. The van der Waals surface area contributed by atoms with Gasteiger partial charge in [0.1, 0.15) is 17.8 Å². The lowest BCUT2D eigenvalue weighted by atomic mass is 10.1. The van der Waals surface area contributed by atoms with Crippen molar-refractivity contribution in [3.8, 4) is 0 Å². The molecule has 1 atom stereocenters. The monoisotopic (exact) mass is 420 g/mol. The Kier molecular flexibility index (Phi) is 4.79. The molecule has 0 spiro atoms. The van der Waals surface area contributed by atoms with Crippen LogP contribution in [0.1, 0.15) is 36.7 Å². The molecular weight excluding hydrogens is 400 g/mol. The molecule has 1 aliphatic carbocycles. The van der Waals surface area contributed by atoms with Gasteiger partial charge in [-0.1, -0.05) is 12.1 Å². The summed E-state index contributed by atoms with van der Waals surface area (Å²) >= 11 is 0. The minimum Gasteiger partial charge on any atom is -0.365 e. The van der Waals surface area contributed by atoms with Gasteiger partial charge in [-0.25, -0.2) is 14.4 Å². The normalized spacial score (nSPS) is 16.5. The quantitative estimate of drug-likeness (QED) is 0.614. The third-order valence-corrected chi connectivity index (χ3v) is 5.54. The standard InChI is InChI=1S/C21H20F4N4O/c1-12(22)20(6-7-20)29-11-16-17(9-18(29)30)27-13(2)28-19(16)26-10-14-4-3-5-15(8-14)21(23,24)25/h3-5,8-9,11-12H,6-7,10H2,1-2H3,(H,26,27,28). The SMILES string of the molecule is Cc1nc(NCc2cccc(C(F)(F)F)c2)c2cn(C3(C(C)F)CC3)c(=O)cc2n1. The number of alkyl halides is 4. The van der Waals surface area contributed by atoms with Crippen molar-refractivity contribution in [3.63, 3.8) is 0 Å². The predicted molar refractivity (Wildman–Crippen MR) is 105 cm³/mol. The van der Waals surface area contributed by atoms with Gasteiger partial charge < -0.3 is 9.88 Å². The van der Waals surface area contributed by atoms with E-state index >= 15 is 0 Å². The second-order valence-electron chi connectivity index (χ2n) is 7.67. The van der Waals surface area contributed by atoms with E-state index < -0.39 is 23.5 Å². The Labute approximate surface area is 169 Å². The van der Waals surface area contributed by atoms with Crippen LogP contribution < -0.4 is 10.9 Å². The number of fused-ring (bicyclic) bond motifs is 1. The number of pyridine rings is 1. The molecule has 4 rings (SSSR count). The molecule has 0 saturated heterocycles. The molecule has 158 valence electrons. The minimum absolute atomic E-state index is 0.0965. The fourth-order valence-electron chi connectivity index (χ4n) is 3.70. The molecule has 1 aliphatic rings. The molecule has 1 unspecified atom stereocenters. The van der Waals surface area contributed by atoms with Crippen LogP contribution in [0.15, 0.2) is 41.3 Å². The number of hydrogen-bond acceptors (Lipinski definition) is 4. The van der Waals surface area contributed by atoms with E-state index in [4.69, 9.17) is 0 Å². The van der Waals surface area contributed by atoms with Gasteiger partial charge in [0.2, 0.25) is 0 Å². The lowest BCUT2D eigenvalue weighted by Crippen LogP contribution is -2.35. The third-order valence-electron chi connectivity index (χ3n) is 5.54. The summed E-state index contributed by atoms with van der Waals surface area (Å²) in [5, 5.41) is 3.56. The van der Waals surface area contributed by atoms with E-state index in [1.165, 1.54) is 23.6 Å². The zero-order valence-electron chi connectivity index (χ0n) is 16.4. The van der Waals surface area contributed by atoms with Gasteiger partial charge in [-0.05, 0) is 44.4 Å². The van der Waals surface area contributed by atoms with E-state index in [2.05, 4.69) is 15.3 Å². The fraction of sp³-hybridized carbons (Fsp3) is 0.381. The summed E-state index contributed by atoms with van der Waals surface area (Å²) in [5.74, 6) is 0.789. The Morgan fingerprint density at radius 1 is 1.23 bits per heavy atom. The third kappa shape index (κ3) is 3.64. The first-order valence-electron chi connectivity index (χ1n) is 9.56. The average molecular weight is 420 g/mol. The number of halogens is 4. The molecule has 1 saturated carbocycles. The first-order valence-corrected chi connectivity index (χ1v) is 9.56. The number of hydrogen-bond donors (Lipinski definition) is 1. The van der Waals surface area contributed by atoms with Crippen molar-refractivity contribution >= 4 is 16.7 Å². The zero-order valence-corrected chi connectivity index (χ0v) is 16.4. The average Bonchev–Trinajstić information content (AvgIpc) is 3.47. The minimum atomic E-state index is -4.42. The van der Waals surface area contributed by atoms with Crippen LogP contribution in [-0.4, -0.2) is 20.7 Å². The maximum Gasteiger partial charge on any atom is 0.416 e. The second kappa shape index (κ2) is 7.07. The second-order valence-corrected chi connectivity index (χ2v) is 7.67.